The van der Waals surface area contributed by atoms with E-state index < -0.39 is 0 Å². The van der Waals surface area contributed by atoms with Gasteiger partial charge >= 0.3 is 0 Å². The van der Waals surface area contributed by atoms with E-state index in [0.717, 1.165) is 21.2 Å². The number of aromatic nitrogens is 1. The molecule has 2 aromatic rings. The summed E-state index contributed by atoms with van der Waals surface area (Å²) in [6.45, 7) is 6.62. The Balaban J connectivity index is 2.31. The SMILES string of the molecule is CCOc1cccc(-c2ncc(C(C)(C)N)s2)c1. The van der Waals surface area contributed by atoms with Gasteiger partial charge in [-0.2, -0.15) is 0 Å². The van der Waals surface area contributed by atoms with E-state index in [9.17, 15) is 0 Å². The van der Waals surface area contributed by atoms with E-state index in [0.29, 0.717) is 6.61 Å². The van der Waals surface area contributed by atoms with Crippen LogP contribution < -0.4 is 10.5 Å². The monoisotopic (exact) mass is 262 g/mol. The van der Waals surface area contributed by atoms with E-state index in [1.807, 2.05) is 51.2 Å². The molecule has 0 saturated heterocycles. The highest BCUT2D eigenvalue weighted by atomic mass is 32.1. The lowest BCUT2D eigenvalue weighted by Gasteiger charge is -2.14. The minimum absolute atomic E-state index is 0.340. The molecule has 0 aliphatic carbocycles. The standard InChI is InChI=1S/C14H18N2OS/c1-4-17-11-7-5-6-10(8-11)13-16-9-12(18-13)14(2,3)15/h5-9H,4,15H2,1-3H3. The molecule has 1 aromatic carbocycles. The zero-order valence-corrected chi connectivity index (χ0v) is 11.8. The Kier molecular flexibility index (Phi) is 3.68. The lowest BCUT2D eigenvalue weighted by molar-refractivity contribution is 0.340. The van der Waals surface area contributed by atoms with Crippen LogP contribution in [0.4, 0.5) is 0 Å². The second-order valence-corrected chi connectivity index (χ2v) is 5.74. The van der Waals surface area contributed by atoms with Gasteiger partial charge in [0.2, 0.25) is 0 Å². The average molecular weight is 262 g/mol. The third-order valence-electron chi connectivity index (χ3n) is 2.53. The second kappa shape index (κ2) is 5.08. The zero-order valence-electron chi connectivity index (χ0n) is 10.9. The van der Waals surface area contributed by atoms with Crippen LogP contribution in [0.5, 0.6) is 5.75 Å². The first-order valence-electron chi connectivity index (χ1n) is 5.99. The number of nitrogens with zero attached hydrogens (tertiary/aromatic N) is 1. The van der Waals surface area contributed by atoms with Crippen molar-refractivity contribution in [1.82, 2.24) is 4.98 Å². The van der Waals surface area contributed by atoms with Crippen LogP contribution in [0.15, 0.2) is 30.5 Å². The largest absolute Gasteiger partial charge is 0.494 e. The topological polar surface area (TPSA) is 48.1 Å². The van der Waals surface area contributed by atoms with Gasteiger partial charge in [0.15, 0.2) is 0 Å². The summed E-state index contributed by atoms with van der Waals surface area (Å²) in [5.41, 5.74) is 6.80. The molecule has 96 valence electrons. The number of hydrogen-bond acceptors (Lipinski definition) is 4. The molecule has 0 aliphatic rings. The van der Waals surface area contributed by atoms with Crippen LogP contribution in [-0.2, 0) is 5.54 Å². The van der Waals surface area contributed by atoms with Crippen molar-refractivity contribution >= 4 is 11.3 Å². The number of ether oxygens (including phenoxy) is 1. The van der Waals surface area contributed by atoms with Gasteiger partial charge in [0.1, 0.15) is 10.8 Å². The number of nitrogens with two attached hydrogens (primary N) is 1. The zero-order chi connectivity index (χ0) is 13.2. The van der Waals surface area contributed by atoms with Gasteiger partial charge in [-0.15, -0.1) is 11.3 Å². The molecule has 3 nitrogen and oxygen atoms in total. The lowest BCUT2D eigenvalue weighted by atomic mass is 10.1. The molecule has 0 amide bonds. The van der Waals surface area contributed by atoms with Crippen molar-refractivity contribution in [3.05, 3.63) is 35.3 Å². The van der Waals surface area contributed by atoms with Crippen LogP contribution >= 0.6 is 11.3 Å². The number of benzene rings is 1. The van der Waals surface area contributed by atoms with Crippen molar-refractivity contribution in [3.63, 3.8) is 0 Å². The van der Waals surface area contributed by atoms with Crippen LogP contribution in [0.2, 0.25) is 0 Å². The molecule has 18 heavy (non-hydrogen) atoms. The Labute approximate surface area is 112 Å². The molecule has 4 heteroatoms. The third-order valence-corrected chi connectivity index (χ3v) is 3.92. The molecule has 0 radical (unpaired) electrons. The van der Waals surface area contributed by atoms with Crippen molar-refractivity contribution in [3.8, 4) is 16.3 Å². The van der Waals surface area contributed by atoms with Crippen molar-refractivity contribution in [2.24, 2.45) is 5.73 Å². The molecule has 0 atom stereocenters. The van der Waals surface area contributed by atoms with E-state index in [2.05, 4.69) is 4.98 Å². The van der Waals surface area contributed by atoms with Crippen LogP contribution in [0.1, 0.15) is 25.6 Å². The molecule has 0 fully saturated rings. The summed E-state index contributed by atoms with van der Waals surface area (Å²) in [6, 6.07) is 7.98. The molecular weight excluding hydrogens is 244 g/mol. The molecule has 0 bridgehead atoms. The highest BCUT2D eigenvalue weighted by Crippen LogP contribution is 2.31. The summed E-state index contributed by atoms with van der Waals surface area (Å²) < 4.78 is 5.49. The predicted octanol–water partition coefficient (Wildman–Crippen LogP) is 3.40. The molecule has 0 spiro atoms. The number of thiazole rings is 1. The third kappa shape index (κ3) is 2.89. The number of hydrogen-bond donors (Lipinski definition) is 1. The van der Waals surface area contributed by atoms with Gasteiger partial charge in [-0.25, -0.2) is 4.98 Å². The fourth-order valence-electron chi connectivity index (χ4n) is 1.59. The highest BCUT2D eigenvalue weighted by molar-refractivity contribution is 7.15. The fraction of sp³-hybridized carbons (Fsp3) is 0.357. The Morgan fingerprint density at radius 3 is 2.78 bits per heavy atom. The molecule has 2 rings (SSSR count). The summed E-state index contributed by atoms with van der Waals surface area (Å²) >= 11 is 1.63. The van der Waals surface area contributed by atoms with Crippen LogP contribution in [0.3, 0.4) is 0 Å². The molecule has 1 aromatic heterocycles. The van der Waals surface area contributed by atoms with Gasteiger partial charge in [-0.05, 0) is 32.9 Å². The maximum atomic E-state index is 6.07. The predicted molar refractivity (Wildman–Crippen MR) is 75.9 cm³/mol. The maximum Gasteiger partial charge on any atom is 0.123 e. The summed E-state index contributed by atoms with van der Waals surface area (Å²) in [6.07, 6.45) is 1.85. The Hall–Kier alpha value is -1.39. The lowest BCUT2D eigenvalue weighted by Crippen LogP contribution is -2.27. The quantitative estimate of drug-likeness (QED) is 0.918. The molecule has 0 aliphatic heterocycles. The Bertz CT molecular complexity index is 529. The molecule has 1 heterocycles. The van der Waals surface area contributed by atoms with Gasteiger partial charge < -0.3 is 10.5 Å². The van der Waals surface area contributed by atoms with Crippen molar-refractivity contribution in [1.29, 1.82) is 0 Å². The van der Waals surface area contributed by atoms with E-state index in [4.69, 9.17) is 10.5 Å². The van der Waals surface area contributed by atoms with Gasteiger partial charge in [-0.3, -0.25) is 0 Å². The van der Waals surface area contributed by atoms with Crippen LogP contribution in [-0.4, -0.2) is 11.6 Å². The van der Waals surface area contributed by atoms with E-state index in [1.165, 1.54) is 0 Å². The van der Waals surface area contributed by atoms with E-state index >= 15 is 0 Å². The molecule has 0 saturated carbocycles. The van der Waals surface area contributed by atoms with E-state index in [1.54, 1.807) is 11.3 Å². The second-order valence-electron chi connectivity index (χ2n) is 4.71. The van der Waals surface area contributed by atoms with Crippen LogP contribution in [0.25, 0.3) is 10.6 Å². The first-order valence-corrected chi connectivity index (χ1v) is 6.81. The van der Waals surface area contributed by atoms with Crippen molar-refractivity contribution < 1.29 is 4.74 Å². The Morgan fingerprint density at radius 1 is 1.39 bits per heavy atom. The molecule has 0 unspecified atom stereocenters. The minimum Gasteiger partial charge on any atom is -0.494 e. The average Bonchev–Trinajstić information content (AvgIpc) is 2.78. The van der Waals surface area contributed by atoms with E-state index in [-0.39, 0.29) is 5.54 Å². The first kappa shape index (κ1) is 13.1. The fourth-order valence-corrected chi connectivity index (χ4v) is 2.52. The van der Waals surface area contributed by atoms with Gasteiger partial charge in [-0.1, -0.05) is 12.1 Å². The van der Waals surface area contributed by atoms with Gasteiger partial charge in [0.05, 0.1) is 6.61 Å². The smallest absolute Gasteiger partial charge is 0.123 e. The first-order chi connectivity index (χ1) is 8.50. The van der Waals surface area contributed by atoms with Crippen LogP contribution in [0, 0.1) is 0 Å². The summed E-state index contributed by atoms with van der Waals surface area (Å²) in [5, 5.41) is 0.977. The van der Waals surface area contributed by atoms with Gasteiger partial charge in [0.25, 0.3) is 0 Å². The minimum atomic E-state index is -0.340. The highest BCUT2D eigenvalue weighted by Gasteiger charge is 2.18. The molecule has 2 N–H and O–H groups in total. The number of rotatable bonds is 4. The summed E-state index contributed by atoms with van der Waals surface area (Å²) in [7, 11) is 0. The normalized spacial score (nSPS) is 11.6. The summed E-state index contributed by atoms with van der Waals surface area (Å²) in [4.78, 5) is 5.52. The maximum absolute atomic E-state index is 6.07. The molecular formula is C14H18N2OS. The van der Waals surface area contributed by atoms with Gasteiger partial charge in [0, 0.05) is 22.2 Å². The van der Waals surface area contributed by atoms with Crippen molar-refractivity contribution in [2.75, 3.05) is 6.61 Å². The Morgan fingerprint density at radius 2 is 2.17 bits per heavy atom. The van der Waals surface area contributed by atoms with Crippen molar-refractivity contribution in [2.45, 2.75) is 26.3 Å². The summed E-state index contributed by atoms with van der Waals surface area (Å²) in [5.74, 6) is 0.874.